The number of barbiturate groups is 1. The highest BCUT2D eigenvalue weighted by Crippen LogP contribution is 2.34. The number of carbonyl (C=O) groups excluding carboxylic acids is 3. The van der Waals surface area contributed by atoms with Crippen LogP contribution < -0.4 is 15.0 Å². The molecule has 1 aliphatic rings. The lowest BCUT2D eigenvalue weighted by Gasteiger charge is -2.27. The van der Waals surface area contributed by atoms with Crippen LogP contribution in [0.3, 0.4) is 0 Å². The zero-order valence-corrected chi connectivity index (χ0v) is 23.3. The van der Waals surface area contributed by atoms with Crippen molar-refractivity contribution in [2.45, 2.75) is 34.1 Å². The SMILES string of the molecule is CCOc1cc(/C=C2\C(=O)NC(=O)N(c3cc(Cl)ccc3C)C2=O)cc(Br)c1Cc1cc(C)cc(C)c1. The van der Waals surface area contributed by atoms with E-state index >= 15 is 0 Å². The summed E-state index contributed by atoms with van der Waals surface area (Å²) >= 11 is 9.77. The van der Waals surface area contributed by atoms with Gasteiger partial charge in [0.05, 0.1) is 12.3 Å². The van der Waals surface area contributed by atoms with E-state index in [9.17, 15) is 14.4 Å². The first-order valence-corrected chi connectivity index (χ1v) is 12.9. The number of imide groups is 2. The average molecular weight is 582 g/mol. The minimum Gasteiger partial charge on any atom is -0.494 e. The van der Waals surface area contributed by atoms with Crippen LogP contribution in [0, 0.1) is 20.8 Å². The second kappa shape index (κ2) is 10.9. The molecule has 37 heavy (non-hydrogen) atoms. The van der Waals surface area contributed by atoms with Crippen molar-refractivity contribution in [2.24, 2.45) is 0 Å². The standard InChI is InChI=1S/C29H26BrClN2O4/c1-5-37-26-14-20(13-24(30)22(26)11-19-9-16(2)8-17(3)10-19)12-23-27(34)32-29(36)33(28(23)35)25-15-21(31)7-6-18(25)4/h6-10,12-15H,5,11H2,1-4H3,(H,32,34,36)/b23-12+. The van der Waals surface area contributed by atoms with Crippen molar-refractivity contribution in [3.05, 3.63) is 97.0 Å². The van der Waals surface area contributed by atoms with Gasteiger partial charge in [0.1, 0.15) is 11.3 Å². The van der Waals surface area contributed by atoms with Gasteiger partial charge in [-0.1, -0.05) is 62.9 Å². The Labute approximate surface area is 229 Å². The van der Waals surface area contributed by atoms with E-state index in [1.54, 1.807) is 25.1 Å². The quantitative estimate of drug-likeness (QED) is 0.260. The monoisotopic (exact) mass is 580 g/mol. The van der Waals surface area contributed by atoms with Crippen molar-refractivity contribution in [2.75, 3.05) is 11.5 Å². The fraction of sp³-hybridized carbons (Fsp3) is 0.207. The molecular formula is C29H26BrClN2O4. The summed E-state index contributed by atoms with van der Waals surface area (Å²) in [4.78, 5) is 39.6. The number of urea groups is 1. The van der Waals surface area contributed by atoms with Gasteiger partial charge in [-0.3, -0.25) is 14.9 Å². The molecule has 4 amide bonds. The van der Waals surface area contributed by atoms with E-state index in [1.807, 2.05) is 13.0 Å². The predicted octanol–water partition coefficient (Wildman–Crippen LogP) is 6.68. The molecule has 1 N–H and O–H groups in total. The summed E-state index contributed by atoms with van der Waals surface area (Å²) in [6.07, 6.45) is 2.11. The van der Waals surface area contributed by atoms with Gasteiger partial charge < -0.3 is 4.74 Å². The van der Waals surface area contributed by atoms with Crippen LogP contribution in [0.25, 0.3) is 6.08 Å². The molecule has 0 unspecified atom stereocenters. The number of hydrogen-bond acceptors (Lipinski definition) is 4. The molecule has 0 spiro atoms. The van der Waals surface area contributed by atoms with E-state index in [4.69, 9.17) is 16.3 Å². The summed E-state index contributed by atoms with van der Waals surface area (Å²) in [5.74, 6) is -0.850. The molecule has 0 atom stereocenters. The molecule has 6 nitrogen and oxygen atoms in total. The molecule has 1 aliphatic heterocycles. The fourth-order valence-electron chi connectivity index (χ4n) is 4.41. The number of rotatable bonds is 6. The maximum absolute atomic E-state index is 13.4. The Morgan fingerprint density at radius 2 is 1.70 bits per heavy atom. The number of anilines is 1. The molecule has 0 saturated carbocycles. The molecule has 3 aromatic carbocycles. The largest absolute Gasteiger partial charge is 0.494 e. The molecule has 0 aliphatic carbocycles. The Kier molecular flexibility index (Phi) is 7.85. The highest BCUT2D eigenvalue weighted by atomic mass is 79.9. The molecule has 0 radical (unpaired) electrons. The van der Waals surface area contributed by atoms with Gasteiger partial charge in [0.25, 0.3) is 11.8 Å². The summed E-state index contributed by atoms with van der Waals surface area (Å²) in [6.45, 7) is 8.23. The number of carbonyl (C=O) groups is 3. The summed E-state index contributed by atoms with van der Waals surface area (Å²) in [5.41, 5.74) is 5.86. The van der Waals surface area contributed by atoms with Crippen molar-refractivity contribution in [3.63, 3.8) is 0 Å². The van der Waals surface area contributed by atoms with E-state index in [0.717, 1.165) is 20.5 Å². The van der Waals surface area contributed by atoms with E-state index in [0.29, 0.717) is 40.6 Å². The number of amides is 4. The maximum atomic E-state index is 13.4. The van der Waals surface area contributed by atoms with Crippen LogP contribution in [-0.4, -0.2) is 24.5 Å². The first kappa shape index (κ1) is 26.6. The smallest absolute Gasteiger partial charge is 0.335 e. The number of nitrogens with zero attached hydrogens (tertiary/aromatic N) is 1. The van der Waals surface area contributed by atoms with Crippen molar-refractivity contribution in [1.82, 2.24) is 5.32 Å². The van der Waals surface area contributed by atoms with E-state index in [2.05, 4.69) is 53.3 Å². The maximum Gasteiger partial charge on any atom is 0.335 e. The third kappa shape index (κ3) is 5.78. The molecule has 0 bridgehead atoms. The highest BCUT2D eigenvalue weighted by Gasteiger charge is 2.37. The number of benzene rings is 3. The van der Waals surface area contributed by atoms with Gasteiger partial charge in [-0.2, -0.15) is 0 Å². The summed E-state index contributed by atoms with van der Waals surface area (Å²) < 4.78 is 6.73. The lowest BCUT2D eigenvalue weighted by atomic mass is 9.98. The normalized spacial score (nSPS) is 14.8. The fourth-order valence-corrected chi connectivity index (χ4v) is 5.18. The lowest BCUT2D eigenvalue weighted by Crippen LogP contribution is -2.54. The van der Waals surface area contributed by atoms with Gasteiger partial charge >= 0.3 is 6.03 Å². The molecule has 3 aromatic rings. The van der Waals surface area contributed by atoms with Crippen LogP contribution in [0.5, 0.6) is 5.75 Å². The Hall–Kier alpha value is -3.42. The third-order valence-corrected chi connectivity index (χ3v) is 6.91. The van der Waals surface area contributed by atoms with Crippen molar-refractivity contribution in [1.29, 1.82) is 0 Å². The van der Waals surface area contributed by atoms with Crippen LogP contribution in [-0.2, 0) is 16.0 Å². The topological polar surface area (TPSA) is 75.7 Å². The van der Waals surface area contributed by atoms with Crippen LogP contribution in [0.4, 0.5) is 10.5 Å². The molecule has 1 fully saturated rings. The summed E-state index contributed by atoms with van der Waals surface area (Å²) in [6, 6.07) is 14.1. The van der Waals surface area contributed by atoms with E-state index < -0.39 is 17.8 Å². The van der Waals surface area contributed by atoms with E-state index in [1.165, 1.54) is 23.3 Å². The summed E-state index contributed by atoms with van der Waals surface area (Å²) in [5, 5.41) is 2.63. The van der Waals surface area contributed by atoms with Crippen molar-refractivity contribution >= 4 is 57.1 Å². The number of halogens is 2. The average Bonchev–Trinajstić information content (AvgIpc) is 2.80. The first-order valence-electron chi connectivity index (χ1n) is 11.8. The van der Waals surface area contributed by atoms with Gasteiger partial charge in [-0.25, -0.2) is 9.69 Å². The molecule has 1 heterocycles. The molecule has 1 saturated heterocycles. The van der Waals surface area contributed by atoms with E-state index in [-0.39, 0.29) is 5.57 Å². The number of ether oxygens (including phenoxy) is 1. The first-order chi connectivity index (χ1) is 17.6. The second-order valence-corrected chi connectivity index (χ2v) is 10.3. The zero-order chi connectivity index (χ0) is 26.9. The minimum atomic E-state index is -0.822. The number of aryl methyl sites for hydroxylation is 3. The van der Waals surface area contributed by atoms with Gasteiger partial charge in [0.15, 0.2) is 0 Å². The van der Waals surface area contributed by atoms with Crippen molar-refractivity contribution in [3.8, 4) is 5.75 Å². The van der Waals surface area contributed by atoms with Gasteiger partial charge in [0, 0.05) is 21.5 Å². The highest BCUT2D eigenvalue weighted by molar-refractivity contribution is 9.10. The van der Waals surface area contributed by atoms with Crippen molar-refractivity contribution < 1.29 is 19.1 Å². The van der Waals surface area contributed by atoms with Gasteiger partial charge in [0.2, 0.25) is 0 Å². The zero-order valence-electron chi connectivity index (χ0n) is 20.9. The van der Waals surface area contributed by atoms with Crippen LogP contribution in [0.1, 0.15) is 40.3 Å². The summed E-state index contributed by atoms with van der Waals surface area (Å²) in [7, 11) is 0. The Balaban J connectivity index is 1.74. The van der Waals surface area contributed by atoms with Crippen LogP contribution in [0.15, 0.2) is 58.6 Å². The van der Waals surface area contributed by atoms with Gasteiger partial charge in [-0.05, 0) is 74.7 Å². The van der Waals surface area contributed by atoms with Gasteiger partial charge in [-0.15, -0.1) is 0 Å². The number of nitrogens with one attached hydrogen (secondary N) is 1. The minimum absolute atomic E-state index is 0.171. The Morgan fingerprint density at radius 3 is 2.38 bits per heavy atom. The second-order valence-electron chi connectivity index (χ2n) is 8.97. The van der Waals surface area contributed by atoms with Crippen LogP contribution >= 0.6 is 27.5 Å². The molecular weight excluding hydrogens is 556 g/mol. The third-order valence-electron chi connectivity index (χ3n) is 5.96. The molecule has 0 aromatic heterocycles. The Bertz CT molecular complexity index is 1440. The molecule has 8 heteroatoms. The molecule has 190 valence electrons. The lowest BCUT2D eigenvalue weighted by molar-refractivity contribution is -0.122. The van der Waals surface area contributed by atoms with Crippen LogP contribution in [0.2, 0.25) is 5.02 Å². The Morgan fingerprint density at radius 1 is 1.00 bits per heavy atom. The predicted molar refractivity (Wildman–Crippen MR) is 149 cm³/mol. The molecule has 4 rings (SSSR count). The number of hydrogen-bond donors (Lipinski definition) is 1.